The van der Waals surface area contributed by atoms with E-state index in [0.717, 1.165) is 18.3 Å². The second-order valence-corrected chi connectivity index (χ2v) is 3.97. The topological polar surface area (TPSA) is 80.9 Å². The maximum Gasteiger partial charge on any atom is 0.435 e. The zero-order valence-corrected chi connectivity index (χ0v) is 10.3. The summed E-state index contributed by atoms with van der Waals surface area (Å²) in [6, 6.07) is 2.02. The number of urea groups is 1. The van der Waals surface area contributed by atoms with Crippen LogP contribution in [0.15, 0.2) is 30.6 Å². The number of alkyl halides is 3. The fourth-order valence-corrected chi connectivity index (χ4v) is 1.62. The molecule has 0 bridgehead atoms. The number of carbonyl (C=O) groups excluding carboxylic acids is 1. The summed E-state index contributed by atoms with van der Waals surface area (Å²) >= 11 is 0. The Kier molecular flexibility index (Phi) is 3.74. The lowest BCUT2D eigenvalue weighted by molar-refractivity contribution is -0.140. The lowest BCUT2D eigenvalue weighted by atomic mass is 10.1. The molecule has 21 heavy (non-hydrogen) atoms. The molecule has 0 fully saturated rings. The molecular formula is C12H8F4N4O. The fourth-order valence-electron chi connectivity index (χ4n) is 1.62. The molecule has 0 aliphatic carbocycles. The Hall–Kier alpha value is -2.71. The van der Waals surface area contributed by atoms with Crippen LogP contribution < -0.4 is 11.1 Å². The second kappa shape index (κ2) is 5.35. The maximum absolute atomic E-state index is 13.1. The van der Waals surface area contributed by atoms with Crippen molar-refractivity contribution in [3.05, 3.63) is 42.1 Å². The van der Waals surface area contributed by atoms with Crippen LogP contribution in [0.1, 0.15) is 5.69 Å². The SMILES string of the molecule is NC(=O)Nc1ccc(-c2cncc(F)c2)nc1C(F)(F)F. The summed E-state index contributed by atoms with van der Waals surface area (Å²) in [7, 11) is 0. The molecule has 0 aromatic carbocycles. The van der Waals surface area contributed by atoms with Gasteiger partial charge in [-0.05, 0) is 18.2 Å². The van der Waals surface area contributed by atoms with Crippen LogP contribution in [-0.2, 0) is 6.18 Å². The van der Waals surface area contributed by atoms with Crippen molar-refractivity contribution in [1.82, 2.24) is 9.97 Å². The summed E-state index contributed by atoms with van der Waals surface area (Å²) in [5.74, 6) is -0.706. The number of anilines is 1. The number of pyridine rings is 2. The molecule has 0 atom stereocenters. The van der Waals surface area contributed by atoms with Crippen LogP contribution in [0.4, 0.5) is 28.0 Å². The highest BCUT2D eigenvalue weighted by molar-refractivity contribution is 5.88. The number of amides is 2. The molecule has 5 nitrogen and oxygen atoms in total. The summed E-state index contributed by atoms with van der Waals surface area (Å²) in [4.78, 5) is 17.6. The summed E-state index contributed by atoms with van der Waals surface area (Å²) in [5.41, 5.74) is 2.83. The van der Waals surface area contributed by atoms with Crippen LogP contribution in [-0.4, -0.2) is 16.0 Å². The van der Waals surface area contributed by atoms with Crippen molar-refractivity contribution in [1.29, 1.82) is 0 Å². The molecule has 3 N–H and O–H groups in total. The molecule has 2 rings (SSSR count). The number of nitrogens with two attached hydrogens (primary N) is 1. The number of nitrogens with one attached hydrogen (secondary N) is 1. The molecule has 0 radical (unpaired) electrons. The van der Waals surface area contributed by atoms with E-state index in [1.54, 1.807) is 0 Å². The quantitative estimate of drug-likeness (QED) is 0.837. The van der Waals surface area contributed by atoms with Crippen LogP contribution in [0.2, 0.25) is 0 Å². The monoisotopic (exact) mass is 300 g/mol. The van der Waals surface area contributed by atoms with Crippen molar-refractivity contribution in [3.63, 3.8) is 0 Å². The van der Waals surface area contributed by atoms with Crippen LogP contribution in [0.25, 0.3) is 11.3 Å². The van der Waals surface area contributed by atoms with Gasteiger partial charge in [0, 0.05) is 11.8 Å². The molecule has 2 amide bonds. The van der Waals surface area contributed by atoms with Crippen LogP contribution in [0.5, 0.6) is 0 Å². The first-order chi connectivity index (χ1) is 9.77. The van der Waals surface area contributed by atoms with Crippen LogP contribution in [0, 0.1) is 5.82 Å². The molecule has 2 heterocycles. The Morgan fingerprint density at radius 2 is 1.95 bits per heavy atom. The molecule has 0 unspecified atom stereocenters. The van der Waals surface area contributed by atoms with Crippen molar-refractivity contribution in [3.8, 4) is 11.3 Å². The molecule has 2 aromatic rings. The summed E-state index contributed by atoms with van der Waals surface area (Å²) in [6.07, 6.45) is -2.72. The van der Waals surface area contributed by atoms with Gasteiger partial charge in [0.05, 0.1) is 17.6 Å². The summed E-state index contributed by atoms with van der Waals surface area (Å²) in [5, 5.41) is 1.84. The Morgan fingerprint density at radius 1 is 1.24 bits per heavy atom. The molecular weight excluding hydrogens is 292 g/mol. The third-order valence-corrected chi connectivity index (χ3v) is 2.42. The van der Waals surface area contributed by atoms with Gasteiger partial charge >= 0.3 is 12.2 Å². The van der Waals surface area contributed by atoms with Gasteiger partial charge < -0.3 is 11.1 Å². The average molecular weight is 300 g/mol. The normalized spacial score (nSPS) is 11.2. The lowest BCUT2D eigenvalue weighted by Gasteiger charge is -2.13. The Labute approximate surface area is 115 Å². The lowest BCUT2D eigenvalue weighted by Crippen LogP contribution is -2.22. The number of rotatable bonds is 2. The summed E-state index contributed by atoms with van der Waals surface area (Å²) < 4.78 is 51.8. The van der Waals surface area contributed by atoms with E-state index in [1.807, 2.05) is 5.32 Å². The third-order valence-electron chi connectivity index (χ3n) is 2.42. The van der Waals surface area contributed by atoms with E-state index in [-0.39, 0.29) is 11.3 Å². The highest BCUT2D eigenvalue weighted by atomic mass is 19.4. The number of hydrogen-bond donors (Lipinski definition) is 2. The first kappa shape index (κ1) is 14.7. The van der Waals surface area contributed by atoms with Crippen molar-refractivity contribution in [2.24, 2.45) is 5.73 Å². The molecule has 0 aliphatic rings. The summed E-state index contributed by atoms with van der Waals surface area (Å²) in [6.45, 7) is 0. The highest BCUT2D eigenvalue weighted by Crippen LogP contribution is 2.34. The highest BCUT2D eigenvalue weighted by Gasteiger charge is 2.36. The van der Waals surface area contributed by atoms with E-state index in [0.29, 0.717) is 0 Å². The Balaban J connectivity index is 2.54. The number of hydrogen-bond acceptors (Lipinski definition) is 3. The van der Waals surface area contributed by atoms with Gasteiger partial charge in [-0.3, -0.25) is 4.98 Å². The fraction of sp³-hybridized carbons (Fsp3) is 0.0833. The molecule has 2 aromatic heterocycles. The van der Waals surface area contributed by atoms with Gasteiger partial charge in [-0.2, -0.15) is 13.2 Å². The smallest absolute Gasteiger partial charge is 0.351 e. The Bertz CT molecular complexity index is 687. The molecule has 0 spiro atoms. The molecule has 0 saturated carbocycles. The van der Waals surface area contributed by atoms with Crippen molar-refractivity contribution >= 4 is 11.7 Å². The van der Waals surface area contributed by atoms with E-state index in [2.05, 4.69) is 9.97 Å². The van der Waals surface area contributed by atoms with E-state index in [1.165, 1.54) is 12.3 Å². The van der Waals surface area contributed by atoms with Gasteiger partial charge in [0.2, 0.25) is 0 Å². The van der Waals surface area contributed by atoms with E-state index < -0.39 is 29.4 Å². The molecule has 110 valence electrons. The van der Waals surface area contributed by atoms with Crippen molar-refractivity contribution in [2.45, 2.75) is 6.18 Å². The predicted molar refractivity (Wildman–Crippen MR) is 65.6 cm³/mol. The van der Waals surface area contributed by atoms with Gasteiger partial charge in [0.1, 0.15) is 5.82 Å². The molecule has 0 aliphatic heterocycles. The largest absolute Gasteiger partial charge is 0.435 e. The number of aromatic nitrogens is 2. The van der Waals surface area contributed by atoms with E-state index in [9.17, 15) is 22.4 Å². The average Bonchev–Trinajstić information content (AvgIpc) is 2.37. The third kappa shape index (κ3) is 3.44. The number of carbonyl (C=O) groups is 1. The van der Waals surface area contributed by atoms with Gasteiger partial charge in [0.25, 0.3) is 0 Å². The number of primary amides is 1. The van der Waals surface area contributed by atoms with Crippen LogP contribution >= 0.6 is 0 Å². The van der Waals surface area contributed by atoms with E-state index >= 15 is 0 Å². The minimum absolute atomic E-state index is 0.0751. The van der Waals surface area contributed by atoms with Crippen molar-refractivity contribution < 1.29 is 22.4 Å². The Morgan fingerprint density at radius 3 is 2.52 bits per heavy atom. The van der Waals surface area contributed by atoms with Gasteiger partial charge in [0.15, 0.2) is 5.69 Å². The number of nitrogens with zero attached hydrogens (tertiary/aromatic N) is 2. The van der Waals surface area contributed by atoms with Gasteiger partial charge in [-0.25, -0.2) is 14.2 Å². The first-order valence-corrected chi connectivity index (χ1v) is 5.53. The second-order valence-electron chi connectivity index (χ2n) is 3.97. The van der Waals surface area contributed by atoms with E-state index in [4.69, 9.17) is 5.73 Å². The van der Waals surface area contributed by atoms with Gasteiger partial charge in [-0.1, -0.05) is 0 Å². The van der Waals surface area contributed by atoms with Gasteiger partial charge in [-0.15, -0.1) is 0 Å². The molecule has 9 heteroatoms. The van der Waals surface area contributed by atoms with Crippen molar-refractivity contribution in [2.75, 3.05) is 5.32 Å². The predicted octanol–water partition coefficient (Wildman–Crippen LogP) is 2.79. The minimum Gasteiger partial charge on any atom is -0.351 e. The standard InChI is InChI=1S/C12H8F4N4O/c13-7-3-6(4-18-5-7)8-1-2-9(20-11(17)21)10(19-8)12(14,15)16/h1-5H,(H3,17,20,21). The minimum atomic E-state index is -4.81. The number of halogens is 4. The zero-order chi connectivity index (χ0) is 15.6. The maximum atomic E-state index is 13.1. The van der Waals surface area contributed by atoms with Crippen LogP contribution in [0.3, 0.4) is 0 Å². The zero-order valence-electron chi connectivity index (χ0n) is 10.3. The first-order valence-electron chi connectivity index (χ1n) is 5.53. The molecule has 0 saturated heterocycles.